The number of nitrogens with one attached hydrogen (secondary N) is 2. The fourth-order valence-electron chi connectivity index (χ4n) is 0.248. The minimum absolute atomic E-state index is 0.845. The normalized spacial score (nSPS) is 11.6. The molecule has 0 radical (unpaired) electrons. The van der Waals surface area contributed by atoms with Gasteiger partial charge < -0.3 is 0 Å². The van der Waals surface area contributed by atoms with E-state index in [0.29, 0.717) is 0 Å². The monoisotopic (exact) mass is 343 g/mol. The van der Waals surface area contributed by atoms with Crippen LogP contribution < -0.4 is 15.0 Å². The SMILES string of the molecule is CI(CCI)NNN. The molecule has 0 bridgehead atoms. The number of hydrogen-bond acceptors (Lipinski definition) is 3. The second-order valence-electron chi connectivity index (χ2n) is 1.21. The minimum atomic E-state index is -0.845. The molecule has 0 aliphatic heterocycles. The summed E-state index contributed by atoms with van der Waals surface area (Å²) in [6.07, 6.45) is 0. The van der Waals surface area contributed by atoms with E-state index in [1.54, 1.807) is 0 Å². The van der Waals surface area contributed by atoms with Crippen LogP contribution in [-0.2, 0) is 0 Å². The number of alkyl halides is 3. The number of rotatable bonds is 4. The van der Waals surface area contributed by atoms with Crippen LogP contribution in [0.3, 0.4) is 0 Å². The van der Waals surface area contributed by atoms with Crippen LogP contribution in [0.25, 0.3) is 0 Å². The molecule has 0 aliphatic carbocycles. The van der Waals surface area contributed by atoms with E-state index >= 15 is 0 Å². The van der Waals surface area contributed by atoms with Crippen molar-refractivity contribution in [2.24, 2.45) is 5.84 Å². The molecule has 0 aromatic heterocycles. The van der Waals surface area contributed by atoms with Crippen LogP contribution in [-0.4, -0.2) is 13.8 Å². The van der Waals surface area contributed by atoms with Gasteiger partial charge in [-0.05, 0) is 0 Å². The summed E-state index contributed by atoms with van der Waals surface area (Å²) >= 11 is 1.53. The van der Waals surface area contributed by atoms with E-state index < -0.39 is 20.1 Å². The molecule has 0 rings (SSSR count). The van der Waals surface area contributed by atoms with Gasteiger partial charge in [0.1, 0.15) is 0 Å². The number of hydrazine groups is 2. The molecule has 0 aromatic carbocycles. The van der Waals surface area contributed by atoms with Crippen LogP contribution in [0.2, 0.25) is 0 Å². The van der Waals surface area contributed by atoms with E-state index in [-0.39, 0.29) is 0 Å². The quantitative estimate of drug-likeness (QED) is 0.228. The summed E-state index contributed by atoms with van der Waals surface area (Å²) in [6, 6.07) is 0. The van der Waals surface area contributed by atoms with Crippen molar-refractivity contribution < 1.29 is 0 Å². The van der Waals surface area contributed by atoms with Crippen molar-refractivity contribution in [1.29, 1.82) is 0 Å². The third-order valence-electron chi connectivity index (χ3n) is 0.571. The van der Waals surface area contributed by atoms with E-state index in [1.165, 1.54) is 8.86 Å². The Hall–Kier alpha value is 1.34. The average molecular weight is 343 g/mol. The molecule has 0 heterocycles. The molecule has 0 aromatic rings. The fraction of sp³-hybridized carbons (Fsp3) is 1.00. The van der Waals surface area contributed by atoms with Gasteiger partial charge in [-0.1, -0.05) is 0 Å². The predicted molar refractivity (Wildman–Crippen MR) is 54.2 cm³/mol. The fourth-order valence-corrected chi connectivity index (χ4v) is 5.76. The standard InChI is InChI=1S/C3H11I2N3/c1-5(3-2-4)7-8-6/h7-8H,2-3,6H2,1H3. The van der Waals surface area contributed by atoms with Crippen molar-refractivity contribution in [3.8, 4) is 0 Å². The zero-order valence-corrected chi connectivity index (χ0v) is 9.06. The molecule has 0 amide bonds. The first-order valence-corrected chi connectivity index (χ1v) is 8.43. The number of halogens is 2. The molecule has 8 heavy (non-hydrogen) atoms. The second-order valence-corrected chi connectivity index (χ2v) is 7.27. The zero-order chi connectivity index (χ0) is 6.41. The molecule has 0 fully saturated rings. The van der Waals surface area contributed by atoms with Crippen LogP contribution >= 0.6 is 42.7 Å². The van der Waals surface area contributed by atoms with Crippen LogP contribution in [0.4, 0.5) is 0 Å². The van der Waals surface area contributed by atoms with Gasteiger partial charge in [0.05, 0.1) is 0 Å². The van der Waals surface area contributed by atoms with Gasteiger partial charge in [-0.25, -0.2) is 0 Å². The molecule has 0 saturated heterocycles. The Balaban J connectivity index is 2.92. The van der Waals surface area contributed by atoms with E-state index in [1.807, 2.05) is 0 Å². The van der Waals surface area contributed by atoms with E-state index in [9.17, 15) is 0 Å². The third-order valence-corrected chi connectivity index (χ3v) is 6.56. The molecule has 0 atom stereocenters. The van der Waals surface area contributed by atoms with Gasteiger partial charge in [-0.2, -0.15) is 0 Å². The number of hydrogen-bond donors (Lipinski definition) is 3. The predicted octanol–water partition coefficient (Wildman–Crippen LogP) is 0.441. The maximum absolute atomic E-state index is 5.04. The van der Waals surface area contributed by atoms with Gasteiger partial charge in [0, 0.05) is 0 Å². The Morgan fingerprint density at radius 1 is 1.75 bits per heavy atom. The zero-order valence-electron chi connectivity index (χ0n) is 4.75. The van der Waals surface area contributed by atoms with Crippen LogP contribution in [0, 0.1) is 0 Å². The Morgan fingerprint density at radius 3 is 2.75 bits per heavy atom. The summed E-state index contributed by atoms with van der Waals surface area (Å²) in [5, 5.41) is 0. The molecular formula is C3H11I2N3. The van der Waals surface area contributed by atoms with Gasteiger partial charge in [0.15, 0.2) is 0 Å². The molecular weight excluding hydrogens is 332 g/mol. The van der Waals surface area contributed by atoms with Crippen molar-refractivity contribution in [2.45, 2.75) is 0 Å². The Labute approximate surface area is 71.0 Å². The van der Waals surface area contributed by atoms with E-state index in [0.717, 1.165) is 0 Å². The third kappa shape index (κ3) is 5.48. The van der Waals surface area contributed by atoms with Gasteiger partial charge in [-0.3, -0.25) is 0 Å². The molecule has 0 unspecified atom stereocenters. The Morgan fingerprint density at radius 2 is 2.38 bits per heavy atom. The topological polar surface area (TPSA) is 50.1 Å². The number of nitrogens with two attached hydrogens (primary N) is 1. The molecule has 0 aliphatic rings. The first-order valence-electron chi connectivity index (χ1n) is 2.14. The molecule has 3 nitrogen and oxygen atoms in total. The van der Waals surface area contributed by atoms with Crippen LogP contribution in [0.15, 0.2) is 0 Å². The van der Waals surface area contributed by atoms with Crippen molar-refractivity contribution >= 4 is 42.7 Å². The van der Waals surface area contributed by atoms with Gasteiger partial charge in [0.2, 0.25) is 0 Å². The molecule has 52 valence electrons. The Bertz CT molecular complexity index is 45.8. The summed E-state index contributed by atoms with van der Waals surface area (Å²) in [6.45, 7) is 0. The second kappa shape index (κ2) is 6.46. The maximum atomic E-state index is 5.04. The summed E-state index contributed by atoms with van der Waals surface area (Å²) in [7, 11) is 0. The molecule has 4 N–H and O–H groups in total. The van der Waals surface area contributed by atoms with Crippen LogP contribution in [0.5, 0.6) is 0 Å². The van der Waals surface area contributed by atoms with E-state index in [4.69, 9.17) is 5.84 Å². The summed E-state index contributed by atoms with van der Waals surface area (Å²) in [4.78, 5) is 2.24. The molecule has 5 heteroatoms. The first kappa shape index (κ1) is 9.34. The summed E-state index contributed by atoms with van der Waals surface area (Å²) < 4.78 is 5.56. The molecule has 0 spiro atoms. The van der Waals surface area contributed by atoms with Crippen molar-refractivity contribution in [2.75, 3.05) is 13.8 Å². The van der Waals surface area contributed by atoms with Crippen molar-refractivity contribution in [3.05, 3.63) is 0 Å². The van der Waals surface area contributed by atoms with Crippen molar-refractivity contribution in [3.63, 3.8) is 0 Å². The average Bonchev–Trinajstić information content (AvgIpc) is 1.68. The summed E-state index contributed by atoms with van der Waals surface area (Å²) in [5.41, 5.74) is 2.47. The van der Waals surface area contributed by atoms with Gasteiger partial charge in [0.25, 0.3) is 0 Å². The first-order chi connectivity index (χ1) is 3.81. The van der Waals surface area contributed by atoms with Gasteiger partial charge in [-0.15, -0.1) is 0 Å². The molecule has 0 saturated carbocycles. The Kier molecular flexibility index (Phi) is 7.54. The van der Waals surface area contributed by atoms with Crippen molar-refractivity contribution in [1.82, 2.24) is 9.17 Å². The summed E-state index contributed by atoms with van der Waals surface area (Å²) in [5.74, 6) is 5.04. The van der Waals surface area contributed by atoms with E-state index in [2.05, 4.69) is 36.7 Å². The van der Waals surface area contributed by atoms with Gasteiger partial charge >= 0.3 is 71.5 Å². The van der Waals surface area contributed by atoms with Crippen LogP contribution in [0.1, 0.15) is 0 Å².